The lowest BCUT2D eigenvalue weighted by molar-refractivity contribution is -0.143. The smallest absolute Gasteiger partial charge is 0.326 e. The number of aromatic nitrogens is 1. The molecule has 0 saturated heterocycles. The summed E-state index contributed by atoms with van der Waals surface area (Å²) in [5.41, 5.74) is 8.31. The minimum Gasteiger partial charge on any atom is -0.481 e. The SMILES string of the molecule is NC(Cc1ccccc1)C(=O)NCC(=O)NC(Cc1c[nH]c2ccccc12)C(=O)NC(CCC(=O)O)C(=O)O. The molecule has 0 spiro atoms. The van der Waals surface area contributed by atoms with Crippen molar-refractivity contribution < 1.29 is 34.2 Å². The summed E-state index contributed by atoms with van der Waals surface area (Å²) in [5.74, 6) is -4.65. The van der Waals surface area contributed by atoms with Crippen LogP contribution in [0.5, 0.6) is 0 Å². The van der Waals surface area contributed by atoms with Crippen molar-refractivity contribution in [2.75, 3.05) is 6.54 Å². The predicted molar refractivity (Wildman–Crippen MR) is 142 cm³/mol. The molecule has 3 aromatic rings. The molecule has 3 atom stereocenters. The number of carboxylic acids is 2. The van der Waals surface area contributed by atoms with Crippen LogP contribution in [0.2, 0.25) is 0 Å². The van der Waals surface area contributed by atoms with Crippen molar-refractivity contribution in [3.63, 3.8) is 0 Å². The number of fused-ring (bicyclic) bond motifs is 1. The monoisotopic (exact) mass is 537 g/mol. The molecule has 2 aromatic carbocycles. The van der Waals surface area contributed by atoms with Crippen LogP contribution in [0, 0.1) is 0 Å². The van der Waals surface area contributed by atoms with Gasteiger partial charge in [-0.25, -0.2) is 4.79 Å². The number of para-hydroxylation sites is 1. The van der Waals surface area contributed by atoms with Crippen LogP contribution in [0.4, 0.5) is 0 Å². The number of nitrogens with two attached hydrogens (primary N) is 1. The molecule has 1 aromatic heterocycles. The zero-order valence-electron chi connectivity index (χ0n) is 21.1. The fourth-order valence-corrected chi connectivity index (χ4v) is 4.03. The van der Waals surface area contributed by atoms with E-state index in [0.29, 0.717) is 5.56 Å². The van der Waals surface area contributed by atoms with Crippen LogP contribution in [0.25, 0.3) is 10.9 Å². The minimum atomic E-state index is -1.47. The molecule has 0 aliphatic heterocycles. The first-order valence-electron chi connectivity index (χ1n) is 12.3. The molecule has 3 unspecified atom stereocenters. The van der Waals surface area contributed by atoms with Crippen LogP contribution in [0.1, 0.15) is 24.0 Å². The van der Waals surface area contributed by atoms with Gasteiger partial charge in [-0.1, -0.05) is 48.5 Å². The summed E-state index contributed by atoms with van der Waals surface area (Å²) in [6.07, 6.45) is 1.16. The average Bonchev–Trinajstić information content (AvgIpc) is 3.32. The number of carbonyl (C=O) groups is 5. The highest BCUT2D eigenvalue weighted by atomic mass is 16.4. The maximum Gasteiger partial charge on any atom is 0.326 e. The second-order valence-corrected chi connectivity index (χ2v) is 9.03. The topological polar surface area (TPSA) is 204 Å². The van der Waals surface area contributed by atoms with E-state index in [1.54, 1.807) is 6.20 Å². The van der Waals surface area contributed by atoms with Gasteiger partial charge < -0.3 is 36.9 Å². The molecule has 0 saturated carbocycles. The summed E-state index contributed by atoms with van der Waals surface area (Å²) in [4.78, 5) is 63.8. The van der Waals surface area contributed by atoms with Crippen LogP contribution in [0.3, 0.4) is 0 Å². The van der Waals surface area contributed by atoms with E-state index < -0.39 is 60.8 Å². The van der Waals surface area contributed by atoms with Gasteiger partial charge in [-0.05, 0) is 30.0 Å². The molecule has 8 N–H and O–H groups in total. The number of carboxylic acid groups (broad SMARTS) is 2. The first-order valence-corrected chi connectivity index (χ1v) is 12.3. The van der Waals surface area contributed by atoms with Gasteiger partial charge in [0.2, 0.25) is 17.7 Å². The number of rotatable bonds is 14. The van der Waals surface area contributed by atoms with Gasteiger partial charge in [-0.15, -0.1) is 0 Å². The number of nitrogens with one attached hydrogen (secondary N) is 4. The third kappa shape index (κ3) is 8.68. The van der Waals surface area contributed by atoms with Gasteiger partial charge in [-0.2, -0.15) is 0 Å². The van der Waals surface area contributed by atoms with Crippen LogP contribution in [-0.4, -0.2) is 69.5 Å². The van der Waals surface area contributed by atoms with Gasteiger partial charge in [0.1, 0.15) is 12.1 Å². The second kappa shape index (κ2) is 13.7. The lowest BCUT2D eigenvalue weighted by Gasteiger charge is -2.21. The molecule has 3 amide bonds. The maximum absolute atomic E-state index is 13.1. The molecule has 0 fully saturated rings. The predicted octanol–water partition coefficient (Wildman–Crippen LogP) is 0.316. The normalized spacial score (nSPS) is 13.2. The van der Waals surface area contributed by atoms with Crippen LogP contribution in [0.15, 0.2) is 60.8 Å². The van der Waals surface area contributed by atoms with E-state index in [1.165, 1.54) is 0 Å². The molecule has 0 radical (unpaired) electrons. The Bertz CT molecular complexity index is 1320. The van der Waals surface area contributed by atoms with E-state index in [0.717, 1.165) is 16.5 Å². The number of aromatic amines is 1. The molecule has 1 heterocycles. The van der Waals surface area contributed by atoms with Gasteiger partial charge in [0.05, 0.1) is 12.6 Å². The quantitative estimate of drug-likeness (QED) is 0.152. The lowest BCUT2D eigenvalue weighted by atomic mass is 10.0. The van der Waals surface area contributed by atoms with Gasteiger partial charge in [0, 0.05) is 29.9 Å². The number of aliphatic carboxylic acids is 2. The Morgan fingerprint density at radius 1 is 0.846 bits per heavy atom. The van der Waals surface area contributed by atoms with E-state index in [2.05, 4.69) is 20.9 Å². The number of H-pyrrole nitrogens is 1. The largest absolute Gasteiger partial charge is 0.481 e. The molecule has 3 rings (SSSR count). The zero-order valence-corrected chi connectivity index (χ0v) is 21.1. The standard InChI is InChI=1S/C27H31N5O7/c28-19(12-16-6-2-1-3-7-16)25(36)30-15-23(33)31-22(13-17-14-29-20-9-5-4-8-18(17)20)26(37)32-21(27(38)39)10-11-24(34)35/h1-9,14,19,21-22,29H,10-13,15,28H2,(H,30,36)(H,31,33)(H,32,37)(H,34,35)(H,38,39). The Morgan fingerprint density at radius 3 is 2.23 bits per heavy atom. The number of amides is 3. The van der Waals surface area contributed by atoms with Crippen molar-refractivity contribution in [1.82, 2.24) is 20.9 Å². The summed E-state index contributed by atoms with van der Waals surface area (Å²) in [5, 5.41) is 26.5. The third-order valence-corrected chi connectivity index (χ3v) is 6.07. The number of hydrogen-bond donors (Lipinski definition) is 7. The molecule has 0 bridgehead atoms. The second-order valence-electron chi connectivity index (χ2n) is 9.03. The summed E-state index contributed by atoms with van der Waals surface area (Å²) < 4.78 is 0. The van der Waals surface area contributed by atoms with Gasteiger partial charge in [-0.3, -0.25) is 19.2 Å². The van der Waals surface area contributed by atoms with Crippen molar-refractivity contribution in [1.29, 1.82) is 0 Å². The van der Waals surface area contributed by atoms with E-state index in [1.807, 2.05) is 54.6 Å². The van der Waals surface area contributed by atoms with E-state index in [-0.39, 0.29) is 19.3 Å². The summed E-state index contributed by atoms with van der Waals surface area (Å²) in [6, 6.07) is 12.9. The maximum atomic E-state index is 13.1. The van der Waals surface area contributed by atoms with Crippen molar-refractivity contribution >= 4 is 40.6 Å². The Labute approximate surface area is 224 Å². The van der Waals surface area contributed by atoms with E-state index in [4.69, 9.17) is 10.8 Å². The highest BCUT2D eigenvalue weighted by molar-refractivity contribution is 5.93. The van der Waals surface area contributed by atoms with Crippen molar-refractivity contribution in [2.24, 2.45) is 5.73 Å². The van der Waals surface area contributed by atoms with Gasteiger partial charge in [0.15, 0.2) is 0 Å². The number of carbonyl (C=O) groups excluding carboxylic acids is 3. The van der Waals surface area contributed by atoms with E-state index in [9.17, 15) is 29.1 Å². The van der Waals surface area contributed by atoms with Crippen molar-refractivity contribution in [2.45, 2.75) is 43.8 Å². The summed E-state index contributed by atoms with van der Waals surface area (Å²) in [6.45, 7) is -0.458. The summed E-state index contributed by atoms with van der Waals surface area (Å²) >= 11 is 0. The highest BCUT2D eigenvalue weighted by Gasteiger charge is 2.28. The number of hydrogen-bond acceptors (Lipinski definition) is 6. The van der Waals surface area contributed by atoms with Gasteiger partial charge in [0.25, 0.3) is 0 Å². The third-order valence-electron chi connectivity index (χ3n) is 6.07. The molecule has 0 aliphatic rings. The molecule has 12 nitrogen and oxygen atoms in total. The molecular weight excluding hydrogens is 506 g/mol. The molecule has 12 heteroatoms. The average molecular weight is 538 g/mol. The van der Waals surface area contributed by atoms with Gasteiger partial charge >= 0.3 is 11.9 Å². The van der Waals surface area contributed by atoms with Crippen LogP contribution >= 0.6 is 0 Å². The highest BCUT2D eigenvalue weighted by Crippen LogP contribution is 2.19. The molecule has 0 aliphatic carbocycles. The van der Waals surface area contributed by atoms with Crippen LogP contribution < -0.4 is 21.7 Å². The first-order chi connectivity index (χ1) is 18.6. The Hall–Kier alpha value is -4.71. The summed E-state index contributed by atoms with van der Waals surface area (Å²) in [7, 11) is 0. The molecular formula is C27H31N5O7. The first kappa shape index (κ1) is 28.9. The number of benzene rings is 2. The van der Waals surface area contributed by atoms with Crippen molar-refractivity contribution in [3.8, 4) is 0 Å². The lowest BCUT2D eigenvalue weighted by Crippen LogP contribution is -2.54. The zero-order chi connectivity index (χ0) is 28.4. The van der Waals surface area contributed by atoms with E-state index >= 15 is 0 Å². The Morgan fingerprint density at radius 2 is 1.54 bits per heavy atom. The Balaban J connectivity index is 1.67. The molecule has 206 valence electrons. The van der Waals surface area contributed by atoms with Crippen LogP contribution in [-0.2, 0) is 36.8 Å². The Kier molecular flexibility index (Phi) is 10.2. The fourth-order valence-electron chi connectivity index (χ4n) is 4.03. The fraction of sp³-hybridized carbons (Fsp3) is 0.296. The van der Waals surface area contributed by atoms with Crippen molar-refractivity contribution in [3.05, 3.63) is 71.9 Å². The molecule has 39 heavy (non-hydrogen) atoms. The minimum absolute atomic E-state index is 0.00826.